The topological polar surface area (TPSA) is 51.5 Å². The van der Waals surface area contributed by atoms with Gasteiger partial charge in [-0.2, -0.15) is 13.2 Å². The van der Waals surface area contributed by atoms with Gasteiger partial charge in [0.15, 0.2) is 5.76 Å². The molecule has 2 aromatic carbocycles. The fourth-order valence-corrected chi connectivity index (χ4v) is 2.50. The van der Waals surface area contributed by atoms with Gasteiger partial charge in [-0.15, -0.1) is 0 Å². The lowest BCUT2D eigenvalue weighted by Gasteiger charge is -2.08. The molecule has 1 amide bonds. The fourth-order valence-electron chi connectivity index (χ4n) is 2.50. The van der Waals surface area contributed by atoms with E-state index in [9.17, 15) is 18.0 Å². The summed E-state index contributed by atoms with van der Waals surface area (Å²) in [7, 11) is 1.50. The van der Waals surface area contributed by atoms with E-state index < -0.39 is 17.6 Å². The Morgan fingerprint density at radius 3 is 2.44 bits per heavy atom. The number of benzene rings is 2. The zero-order valence-corrected chi connectivity index (χ0v) is 13.2. The Balaban J connectivity index is 1.88. The third-order valence-corrected chi connectivity index (χ3v) is 3.66. The Morgan fingerprint density at radius 1 is 1.12 bits per heavy atom. The number of hydrogen-bond acceptors (Lipinski definition) is 3. The van der Waals surface area contributed by atoms with Crippen LogP contribution in [-0.4, -0.2) is 13.0 Å². The number of hydrogen-bond donors (Lipinski definition) is 1. The van der Waals surface area contributed by atoms with Crippen LogP contribution in [0.15, 0.2) is 52.9 Å². The standard InChI is InChI=1S/C18H14F3NO3/c1-24-10-14-13-4-2-3-5-15(13)25-16(14)17(23)22-12-8-6-11(7-9-12)18(19,20)21/h2-9H,10H2,1H3,(H,22,23). The van der Waals surface area contributed by atoms with Gasteiger partial charge in [-0.1, -0.05) is 18.2 Å². The number of nitrogens with one attached hydrogen (secondary N) is 1. The molecule has 0 aliphatic heterocycles. The lowest BCUT2D eigenvalue weighted by Crippen LogP contribution is -2.13. The van der Waals surface area contributed by atoms with Gasteiger partial charge in [-0.25, -0.2) is 0 Å². The molecule has 1 N–H and O–H groups in total. The van der Waals surface area contributed by atoms with Crippen LogP contribution in [0.3, 0.4) is 0 Å². The largest absolute Gasteiger partial charge is 0.451 e. The third-order valence-electron chi connectivity index (χ3n) is 3.66. The molecule has 1 heterocycles. The van der Waals surface area contributed by atoms with Crippen molar-refractivity contribution < 1.29 is 27.1 Å². The molecule has 0 atom stereocenters. The molecule has 0 aliphatic carbocycles. The number of para-hydroxylation sites is 1. The summed E-state index contributed by atoms with van der Waals surface area (Å²) in [4.78, 5) is 12.5. The van der Waals surface area contributed by atoms with E-state index in [1.165, 1.54) is 19.2 Å². The summed E-state index contributed by atoms with van der Waals surface area (Å²) in [6.07, 6.45) is -4.42. The van der Waals surface area contributed by atoms with E-state index in [4.69, 9.17) is 9.15 Å². The highest BCUT2D eigenvalue weighted by molar-refractivity contribution is 6.06. The van der Waals surface area contributed by atoms with Gasteiger partial charge in [0.2, 0.25) is 0 Å². The van der Waals surface area contributed by atoms with Gasteiger partial charge >= 0.3 is 6.18 Å². The highest BCUT2D eigenvalue weighted by Gasteiger charge is 2.30. The Bertz CT molecular complexity index is 898. The first kappa shape index (κ1) is 17.0. The minimum atomic E-state index is -4.42. The van der Waals surface area contributed by atoms with Gasteiger partial charge in [0.05, 0.1) is 12.2 Å². The van der Waals surface area contributed by atoms with Crippen LogP contribution in [0.5, 0.6) is 0 Å². The number of ether oxygens (including phenoxy) is 1. The molecule has 1 aromatic heterocycles. The summed E-state index contributed by atoms with van der Waals surface area (Å²) in [5.74, 6) is -0.481. The van der Waals surface area contributed by atoms with E-state index >= 15 is 0 Å². The van der Waals surface area contributed by atoms with Crippen LogP contribution in [-0.2, 0) is 17.5 Å². The first-order chi connectivity index (χ1) is 11.9. The maximum atomic E-state index is 12.6. The predicted molar refractivity (Wildman–Crippen MR) is 86.3 cm³/mol. The number of anilines is 1. The van der Waals surface area contributed by atoms with Crippen molar-refractivity contribution in [2.24, 2.45) is 0 Å². The SMILES string of the molecule is COCc1c(C(=O)Nc2ccc(C(F)(F)F)cc2)oc2ccccc12. The Kier molecular flexibility index (Phi) is 4.50. The van der Waals surface area contributed by atoms with Crippen molar-refractivity contribution in [3.63, 3.8) is 0 Å². The minimum Gasteiger partial charge on any atom is -0.451 e. The van der Waals surface area contributed by atoms with E-state index in [1.54, 1.807) is 12.1 Å². The van der Waals surface area contributed by atoms with Gasteiger partial charge in [0.25, 0.3) is 5.91 Å². The first-order valence-corrected chi connectivity index (χ1v) is 7.38. The Morgan fingerprint density at radius 2 is 1.80 bits per heavy atom. The third kappa shape index (κ3) is 3.51. The van der Waals surface area contributed by atoms with Crippen molar-refractivity contribution >= 4 is 22.6 Å². The highest BCUT2D eigenvalue weighted by Crippen LogP contribution is 2.30. The number of amides is 1. The second-order valence-corrected chi connectivity index (χ2v) is 5.37. The van der Waals surface area contributed by atoms with E-state index in [2.05, 4.69) is 5.32 Å². The molecule has 0 saturated carbocycles. The number of halogens is 3. The fraction of sp³-hybridized carbons (Fsp3) is 0.167. The van der Waals surface area contributed by atoms with E-state index in [-0.39, 0.29) is 18.1 Å². The smallest absolute Gasteiger partial charge is 0.416 e. The van der Waals surface area contributed by atoms with Crippen molar-refractivity contribution in [1.82, 2.24) is 0 Å². The first-order valence-electron chi connectivity index (χ1n) is 7.38. The molecule has 3 aromatic rings. The molecule has 0 aliphatic rings. The molecule has 4 nitrogen and oxygen atoms in total. The van der Waals surface area contributed by atoms with Gasteiger partial charge in [0.1, 0.15) is 5.58 Å². The lowest BCUT2D eigenvalue weighted by atomic mass is 10.1. The van der Waals surface area contributed by atoms with Crippen LogP contribution >= 0.6 is 0 Å². The van der Waals surface area contributed by atoms with Crippen molar-refractivity contribution in [3.05, 3.63) is 65.4 Å². The lowest BCUT2D eigenvalue weighted by molar-refractivity contribution is -0.137. The molecule has 0 fully saturated rings. The normalized spacial score (nSPS) is 11.7. The second-order valence-electron chi connectivity index (χ2n) is 5.37. The van der Waals surface area contributed by atoms with Crippen molar-refractivity contribution in [3.8, 4) is 0 Å². The molecule has 7 heteroatoms. The maximum absolute atomic E-state index is 12.6. The molecule has 25 heavy (non-hydrogen) atoms. The van der Waals surface area contributed by atoms with Gasteiger partial charge in [-0.3, -0.25) is 4.79 Å². The molecule has 0 spiro atoms. The summed E-state index contributed by atoms with van der Waals surface area (Å²) in [5.41, 5.74) is 0.575. The van der Waals surface area contributed by atoms with Crippen LogP contribution in [0, 0.1) is 0 Å². The van der Waals surface area contributed by atoms with Crippen molar-refractivity contribution in [2.45, 2.75) is 12.8 Å². The summed E-state index contributed by atoms with van der Waals surface area (Å²) in [6, 6.07) is 11.3. The van der Waals surface area contributed by atoms with E-state index in [1.807, 2.05) is 12.1 Å². The molecule has 0 bridgehead atoms. The molecule has 0 saturated heterocycles. The quantitative estimate of drug-likeness (QED) is 0.732. The maximum Gasteiger partial charge on any atom is 0.416 e. The number of alkyl halides is 3. The number of fused-ring (bicyclic) bond motifs is 1. The van der Waals surface area contributed by atoms with Gasteiger partial charge in [-0.05, 0) is 30.3 Å². The zero-order chi connectivity index (χ0) is 18.0. The van der Waals surface area contributed by atoms with Crippen LogP contribution in [0.1, 0.15) is 21.7 Å². The Labute approximate surface area is 141 Å². The summed E-state index contributed by atoms with van der Waals surface area (Å²) < 4.78 is 48.5. The average molecular weight is 349 g/mol. The number of carbonyl (C=O) groups excluding carboxylic acids is 1. The molecule has 3 rings (SSSR count). The predicted octanol–water partition coefficient (Wildman–Crippen LogP) is 4.85. The molecular formula is C18H14F3NO3. The molecule has 0 radical (unpaired) electrons. The van der Waals surface area contributed by atoms with Crippen LogP contribution in [0.25, 0.3) is 11.0 Å². The molecular weight excluding hydrogens is 335 g/mol. The zero-order valence-electron chi connectivity index (χ0n) is 13.2. The van der Waals surface area contributed by atoms with Crippen molar-refractivity contribution in [2.75, 3.05) is 12.4 Å². The monoisotopic (exact) mass is 349 g/mol. The average Bonchev–Trinajstić information content (AvgIpc) is 2.94. The summed E-state index contributed by atoms with van der Waals surface area (Å²) in [6.45, 7) is 0.173. The number of methoxy groups -OCH3 is 1. The van der Waals surface area contributed by atoms with Gasteiger partial charge < -0.3 is 14.5 Å². The van der Waals surface area contributed by atoms with E-state index in [0.717, 1.165) is 17.5 Å². The van der Waals surface area contributed by atoms with Crippen LogP contribution < -0.4 is 5.32 Å². The molecule has 130 valence electrons. The van der Waals surface area contributed by atoms with E-state index in [0.29, 0.717) is 11.1 Å². The van der Waals surface area contributed by atoms with Crippen molar-refractivity contribution in [1.29, 1.82) is 0 Å². The highest BCUT2D eigenvalue weighted by atomic mass is 19.4. The van der Waals surface area contributed by atoms with Crippen LogP contribution in [0.2, 0.25) is 0 Å². The minimum absolute atomic E-state index is 0.0722. The summed E-state index contributed by atoms with van der Waals surface area (Å²) >= 11 is 0. The summed E-state index contributed by atoms with van der Waals surface area (Å²) in [5, 5.41) is 3.29. The number of furan rings is 1. The number of rotatable bonds is 4. The number of carbonyl (C=O) groups is 1. The van der Waals surface area contributed by atoms with Gasteiger partial charge in [0, 0.05) is 23.7 Å². The Hall–Kier alpha value is -2.80. The second kappa shape index (κ2) is 6.60. The van der Waals surface area contributed by atoms with Crippen LogP contribution in [0.4, 0.5) is 18.9 Å². The molecule has 0 unspecified atom stereocenters.